The molecule has 1 amide bonds. The van der Waals surface area contributed by atoms with Crippen LogP contribution in [0.25, 0.3) is 0 Å². The molecule has 0 saturated heterocycles. The fourth-order valence-corrected chi connectivity index (χ4v) is 8.84. The minimum absolute atomic E-state index is 0.0185. The van der Waals surface area contributed by atoms with Gasteiger partial charge in [0.15, 0.2) is 0 Å². The Labute approximate surface area is 433 Å². The first-order valence-corrected chi connectivity index (χ1v) is 30.4. The molecule has 0 heterocycles. The zero-order chi connectivity index (χ0) is 51.3. The molecule has 9 heteroatoms. The lowest BCUT2D eigenvalue weighted by molar-refractivity contribution is -0.870. The number of hydrogen-bond donors (Lipinski definition) is 2. The van der Waals surface area contributed by atoms with Crippen molar-refractivity contribution in [1.29, 1.82) is 0 Å². The fourth-order valence-electron chi connectivity index (χ4n) is 8.12. The number of likely N-dealkylation sites (N-methyl/N-ethyl adjacent to an activating group) is 1. The van der Waals surface area contributed by atoms with E-state index in [2.05, 4.69) is 79.9 Å². The Balaban J connectivity index is 4.26. The summed E-state index contributed by atoms with van der Waals surface area (Å²) >= 11 is 0. The molecule has 0 radical (unpaired) electrons. The molecule has 0 aromatic heterocycles. The number of aliphatic hydroxyl groups excluding tert-OH is 1. The second kappa shape index (κ2) is 51.6. The molecule has 3 unspecified atom stereocenters. The number of rotatable bonds is 52. The Morgan fingerprint density at radius 2 is 0.871 bits per heavy atom. The number of aliphatic hydroxyl groups is 1. The number of unbranched alkanes of at least 4 members (excludes halogenated alkanes) is 27. The van der Waals surface area contributed by atoms with Crippen LogP contribution in [0.1, 0.15) is 245 Å². The molecule has 0 spiro atoms. The molecule has 8 nitrogen and oxygen atoms in total. The molecule has 70 heavy (non-hydrogen) atoms. The van der Waals surface area contributed by atoms with Crippen molar-refractivity contribution in [1.82, 2.24) is 5.32 Å². The summed E-state index contributed by atoms with van der Waals surface area (Å²) in [6.07, 6.45) is 72.6. The van der Waals surface area contributed by atoms with Crippen LogP contribution in [-0.4, -0.2) is 68.5 Å². The molecular formula is C61H111N2O6P. The van der Waals surface area contributed by atoms with Crippen LogP contribution in [0.5, 0.6) is 0 Å². The Kier molecular flexibility index (Phi) is 49.9. The van der Waals surface area contributed by atoms with Crippen molar-refractivity contribution in [3.05, 3.63) is 85.1 Å². The standard InChI is InChI=1S/C61H111N2O6P/c1-6-8-10-12-14-16-18-20-22-24-26-27-28-29-30-31-32-33-34-35-37-38-40-42-44-46-48-50-52-54-60(64)59(58-69-70(66,67)68-57-56-63(3,4)5)62-61(65)55-53-51-49-47-45-43-41-39-36-25-23-21-19-17-15-13-11-9-7-2/h9,11,15,17,21,23,36,39,43,45,49,51-52,54,59-60,64H,6-8,10,12-14,16,18-20,22,24-35,37-38,40-42,44,46-48,50,53,55-58H2,1-5H3,(H-,62,65,66,67)/b11-9-,17-15-,23-21-,39-36-,45-43-,51-49-,54-52+. The molecular weight excluding hydrogens is 888 g/mol. The van der Waals surface area contributed by atoms with Crippen molar-refractivity contribution in [2.24, 2.45) is 0 Å². The number of phosphoric acid groups is 1. The molecule has 406 valence electrons. The largest absolute Gasteiger partial charge is 0.756 e. The first-order valence-electron chi connectivity index (χ1n) is 28.9. The van der Waals surface area contributed by atoms with Gasteiger partial charge in [-0.05, 0) is 57.8 Å². The monoisotopic (exact) mass is 999 g/mol. The quantitative estimate of drug-likeness (QED) is 0.0272. The lowest BCUT2D eigenvalue weighted by Gasteiger charge is -2.29. The predicted octanol–water partition coefficient (Wildman–Crippen LogP) is 17.0. The van der Waals surface area contributed by atoms with Crippen LogP contribution in [0.4, 0.5) is 0 Å². The number of amides is 1. The van der Waals surface area contributed by atoms with Gasteiger partial charge in [0.05, 0.1) is 39.9 Å². The van der Waals surface area contributed by atoms with E-state index >= 15 is 0 Å². The van der Waals surface area contributed by atoms with Crippen molar-refractivity contribution >= 4 is 13.7 Å². The second-order valence-corrected chi connectivity index (χ2v) is 22.0. The molecule has 0 aromatic rings. The number of quaternary nitrogens is 1. The minimum Gasteiger partial charge on any atom is -0.756 e. The summed E-state index contributed by atoms with van der Waals surface area (Å²) in [5, 5.41) is 13.8. The first kappa shape index (κ1) is 67.7. The third-order valence-corrected chi connectivity index (χ3v) is 13.6. The highest BCUT2D eigenvalue weighted by Crippen LogP contribution is 2.38. The molecule has 3 atom stereocenters. The molecule has 0 aliphatic carbocycles. The average Bonchev–Trinajstić information content (AvgIpc) is 3.32. The number of hydrogen-bond acceptors (Lipinski definition) is 6. The maximum absolute atomic E-state index is 12.9. The molecule has 0 bridgehead atoms. The Hall–Kier alpha value is -2.32. The summed E-state index contributed by atoms with van der Waals surface area (Å²) in [6, 6.07) is -0.933. The maximum Gasteiger partial charge on any atom is 0.268 e. The van der Waals surface area contributed by atoms with Gasteiger partial charge >= 0.3 is 0 Å². The van der Waals surface area contributed by atoms with Crippen LogP contribution in [0.3, 0.4) is 0 Å². The summed E-state index contributed by atoms with van der Waals surface area (Å²) in [5.74, 6) is -0.280. The van der Waals surface area contributed by atoms with Crippen molar-refractivity contribution < 1.29 is 32.9 Å². The van der Waals surface area contributed by atoms with Gasteiger partial charge < -0.3 is 28.8 Å². The van der Waals surface area contributed by atoms with Gasteiger partial charge in [0.1, 0.15) is 13.2 Å². The van der Waals surface area contributed by atoms with E-state index in [4.69, 9.17) is 9.05 Å². The van der Waals surface area contributed by atoms with E-state index in [-0.39, 0.29) is 18.9 Å². The third-order valence-electron chi connectivity index (χ3n) is 12.6. The average molecular weight is 1000 g/mol. The van der Waals surface area contributed by atoms with Gasteiger partial charge in [-0.3, -0.25) is 9.36 Å². The van der Waals surface area contributed by atoms with Gasteiger partial charge in [0.25, 0.3) is 7.82 Å². The number of nitrogens with one attached hydrogen (secondary N) is 1. The highest BCUT2D eigenvalue weighted by molar-refractivity contribution is 7.45. The van der Waals surface area contributed by atoms with Crippen molar-refractivity contribution in [2.75, 3.05) is 40.9 Å². The van der Waals surface area contributed by atoms with Crippen molar-refractivity contribution in [3.8, 4) is 0 Å². The summed E-state index contributed by atoms with van der Waals surface area (Å²) < 4.78 is 23.3. The van der Waals surface area contributed by atoms with Crippen LogP contribution in [0.2, 0.25) is 0 Å². The van der Waals surface area contributed by atoms with Crippen LogP contribution in [-0.2, 0) is 18.4 Å². The second-order valence-electron chi connectivity index (χ2n) is 20.6. The van der Waals surface area contributed by atoms with Gasteiger partial charge in [-0.25, -0.2) is 0 Å². The number of carbonyl (C=O) groups is 1. The zero-order valence-electron chi connectivity index (χ0n) is 46.2. The number of phosphoric ester groups is 1. The van der Waals surface area contributed by atoms with E-state index in [0.717, 1.165) is 57.8 Å². The van der Waals surface area contributed by atoms with Crippen molar-refractivity contribution in [3.63, 3.8) is 0 Å². The number of allylic oxidation sites excluding steroid dienone is 13. The zero-order valence-corrected chi connectivity index (χ0v) is 47.1. The highest BCUT2D eigenvalue weighted by atomic mass is 31.2. The normalized spacial score (nSPS) is 14.6. The van der Waals surface area contributed by atoms with Crippen LogP contribution < -0.4 is 10.2 Å². The summed E-state index contributed by atoms with van der Waals surface area (Å²) in [5.41, 5.74) is 0. The topological polar surface area (TPSA) is 108 Å². The predicted molar refractivity (Wildman–Crippen MR) is 302 cm³/mol. The first-order chi connectivity index (χ1) is 34.0. The molecule has 0 rings (SSSR count). The van der Waals surface area contributed by atoms with E-state index in [0.29, 0.717) is 17.4 Å². The minimum atomic E-state index is -4.62. The van der Waals surface area contributed by atoms with Crippen LogP contribution >= 0.6 is 7.82 Å². The van der Waals surface area contributed by atoms with Crippen LogP contribution in [0.15, 0.2) is 85.1 Å². The number of carbonyl (C=O) groups excluding carboxylic acids is 1. The van der Waals surface area contributed by atoms with E-state index in [9.17, 15) is 19.4 Å². The lowest BCUT2D eigenvalue weighted by Crippen LogP contribution is -2.45. The SMILES string of the molecule is CC/C=C\C/C=C\C/C=C\C/C=C\C/C=C\C/C=C\CCC(=O)NC(COP(=O)([O-])OCC[N+](C)(C)C)C(O)/C=C/CCCCCCCCCCCCCCCCCCCCCCCCCCCCC. The molecule has 0 aromatic carbocycles. The van der Waals surface area contributed by atoms with Crippen molar-refractivity contribution in [2.45, 2.75) is 257 Å². The van der Waals surface area contributed by atoms with E-state index in [1.807, 2.05) is 39.4 Å². The summed E-state index contributed by atoms with van der Waals surface area (Å²) in [7, 11) is 1.21. The molecule has 0 fully saturated rings. The Bertz CT molecular complexity index is 1410. The molecule has 0 saturated carbocycles. The molecule has 0 aliphatic rings. The van der Waals surface area contributed by atoms with E-state index in [1.165, 1.54) is 161 Å². The summed E-state index contributed by atoms with van der Waals surface area (Å²) in [4.78, 5) is 25.4. The van der Waals surface area contributed by atoms with E-state index < -0.39 is 26.6 Å². The maximum atomic E-state index is 12.9. The van der Waals surface area contributed by atoms with Gasteiger partial charge in [-0.2, -0.15) is 0 Å². The highest BCUT2D eigenvalue weighted by Gasteiger charge is 2.23. The fraction of sp³-hybridized carbons (Fsp3) is 0.754. The van der Waals surface area contributed by atoms with Gasteiger partial charge in [-0.15, -0.1) is 0 Å². The van der Waals surface area contributed by atoms with Crippen LogP contribution in [0, 0.1) is 0 Å². The Morgan fingerprint density at radius 1 is 0.514 bits per heavy atom. The molecule has 2 N–H and O–H groups in total. The van der Waals surface area contributed by atoms with Gasteiger partial charge in [0, 0.05) is 6.42 Å². The molecule has 0 aliphatic heterocycles. The lowest BCUT2D eigenvalue weighted by atomic mass is 10.0. The van der Waals surface area contributed by atoms with Gasteiger partial charge in [-0.1, -0.05) is 266 Å². The number of nitrogens with zero attached hydrogens (tertiary/aromatic N) is 1. The third kappa shape index (κ3) is 53.5. The Morgan fingerprint density at radius 3 is 1.24 bits per heavy atom. The summed E-state index contributed by atoms with van der Waals surface area (Å²) in [6.45, 7) is 4.49. The van der Waals surface area contributed by atoms with E-state index in [1.54, 1.807) is 6.08 Å². The van der Waals surface area contributed by atoms with Gasteiger partial charge in [0.2, 0.25) is 5.91 Å². The smallest absolute Gasteiger partial charge is 0.268 e.